The van der Waals surface area contributed by atoms with Crippen molar-refractivity contribution in [3.8, 4) is 33.5 Å². The van der Waals surface area contributed by atoms with Crippen LogP contribution in [0.2, 0.25) is 0 Å². The Bertz CT molecular complexity index is 6950. The van der Waals surface area contributed by atoms with Crippen LogP contribution in [0.4, 0.5) is 39.9 Å². The number of aromatic nitrogens is 2. The van der Waals surface area contributed by atoms with Crippen molar-refractivity contribution in [2.45, 2.75) is 19.8 Å². The highest BCUT2D eigenvalue weighted by atomic mass is 16.3. The molecule has 4 aromatic heterocycles. The molecule has 16 aromatic carbocycles. The molecule has 104 heavy (non-hydrogen) atoms. The summed E-state index contributed by atoms with van der Waals surface area (Å²) >= 11 is 0. The summed E-state index contributed by atoms with van der Waals surface area (Å²) in [5.74, 6) is 0.837. The fourth-order valence-corrected chi connectivity index (χ4v) is 16.9. The molecule has 0 amide bonds. The molecule has 490 valence electrons. The zero-order chi connectivity index (χ0) is 68.7. The Morgan fingerprint density at radius 2 is 0.971 bits per heavy atom. The Morgan fingerprint density at radius 3 is 1.68 bits per heavy atom. The van der Waals surface area contributed by atoms with Gasteiger partial charge in [-0.1, -0.05) is 244 Å². The topological polar surface area (TPSA) is 64.7 Å². The zero-order valence-corrected chi connectivity index (χ0v) is 57.1. The number of H-pyrrole nitrogens is 1. The lowest BCUT2D eigenvalue weighted by atomic mass is 9.86. The molecule has 0 aliphatic carbocycles. The van der Waals surface area contributed by atoms with Crippen LogP contribution in [0.25, 0.3) is 164 Å². The van der Waals surface area contributed by atoms with Crippen LogP contribution < -0.4 is 14.7 Å². The van der Waals surface area contributed by atoms with Crippen molar-refractivity contribution in [1.29, 1.82) is 0 Å². The van der Waals surface area contributed by atoms with Gasteiger partial charge >= 0.3 is 0 Å². The molecule has 0 saturated heterocycles. The molecule has 0 radical (unpaired) electrons. The van der Waals surface area contributed by atoms with Gasteiger partial charge in [0.05, 0.1) is 45.3 Å². The second kappa shape index (κ2) is 23.6. The molecule has 5 heterocycles. The molecule has 1 aliphatic heterocycles. The van der Waals surface area contributed by atoms with Gasteiger partial charge in [0.15, 0.2) is 0 Å². The van der Waals surface area contributed by atoms with Crippen LogP contribution in [0.15, 0.2) is 343 Å². The number of nitrogens with one attached hydrogen (secondary N) is 1. The first kappa shape index (κ1) is 59.4. The summed E-state index contributed by atoms with van der Waals surface area (Å²) in [5.41, 5.74) is 19.1. The molecule has 0 fully saturated rings. The molecule has 0 saturated carbocycles. The molecule has 1 N–H and O–H groups in total. The predicted molar refractivity (Wildman–Crippen MR) is 439 cm³/mol. The Labute approximate surface area is 599 Å². The van der Waals surface area contributed by atoms with Gasteiger partial charge in [-0.2, -0.15) is 0 Å². The second-order valence-corrected chi connectivity index (χ2v) is 27.9. The maximum Gasteiger partial charge on any atom is 0.144 e. The van der Waals surface area contributed by atoms with Crippen LogP contribution >= 0.6 is 0 Å². The van der Waals surface area contributed by atoms with Gasteiger partial charge in [0.2, 0.25) is 0 Å². The van der Waals surface area contributed by atoms with E-state index in [9.17, 15) is 0 Å². The number of allylic oxidation sites excluding steroid dienone is 2. The van der Waals surface area contributed by atoms with E-state index in [1.165, 1.54) is 16.5 Å². The Balaban J connectivity index is 0.938. The summed E-state index contributed by atoms with van der Waals surface area (Å²) < 4.78 is 14.6. The predicted octanol–water partition coefficient (Wildman–Crippen LogP) is 27.4. The van der Waals surface area contributed by atoms with E-state index in [2.05, 4.69) is 361 Å². The Hall–Kier alpha value is -13.5. The minimum atomic E-state index is 0.0490. The number of aromatic amines is 1. The summed E-state index contributed by atoms with van der Waals surface area (Å²) in [6.45, 7) is 5.39. The second-order valence-electron chi connectivity index (χ2n) is 27.9. The third-order valence-electron chi connectivity index (χ3n) is 21.6. The van der Waals surface area contributed by atoms with Crippen LogP contribution in [-0.4, -0.2) is 16.5 Å². The first-order chi connectivity index (χ1) is 51.4. The Morgan fingerprint density at radius 1 is 0.375 bits per heavy atom. The van der Waals surface area contributed by atoms with Gasteiger partial charge in [0.1, 0.15) is 28.1 Å². The minimum Gasteiger partial charge on any atom is -0.456 e. The number of nitrogens with zero attached hydrogens (tertiary/aromatic N) is 4. The highest BCUT2D eigenvalue weighted by molar-refractivity contribution is 6.38. The van der Waals surface area contributed by atoms with Crippen molar-refractivity contribution in [1.82, 2.24) is 9.97 Å². The largest absolute Gasteiger partial charge is 0.456 e. The molecular formula is C97H65N5O2. The lowest BCUT2D eigenvalue weighted by Gasteiger charge is -2.30. The molecule has 0 atom stereocenters. The van der Waals surface area contributed by atoms with E-state index in [0.29, 0.717) is 6.54 Å². The number of hydrogen-bond acceptors (Lipinski definition) is 6. The molecule has 21 rings (SSSR count). The quantitative estimate of drug-likeness (QED) is 0.103. The molecule has 0 bridgehead atoms. The molecule has 0 unspecified atom stereocenters. The van der Waals surface area contributed by atoms with Gasteiger partial charge in [0.25, 0.3) is 0 Å². The van der Waals surface area contributed by atoms with E-state index in [1.807, 2.05) is 6.07 Å². The summed E-state index contributed by atoms with van der Waals surface area (Å²) in [6, 6.07) is 113. The third kappa shape index (κ3) is 9.33. The third-order valence-corrected chi connectivity index (χ3v) is 21.6. The van der Waals surface area contributed by atoms with Gasteiger partial charge < -0.3 is 23.6 Å². The molecule has 20 aromatic rings. The minimum absolute atomic E-state index is 0.0490. The van der Waals surface area contributed by atoms with Crippen LogP contribution in [0.5, 0.6) is 0 Å². The van der Waals surface area contributed by atoms with Crippen LogP contribution in [0, 0.1) is 0 Å². The maximum atomic E-state index is 7.70. The molecular weight excluding hydrogens is 1270 g/mol. The van der Waals surface area contributed by atoms with Crippen molar-refractivity contribution in [2.24, 2.45) is 0 Å². The van der Waals surface area contributed by atoms with Crippen molar-refractivity contribution in [3.05, 3.63) is 339 Å². The lowest BCUT2D eigenvalue weighted by molar-refractivity contribution is 0.669. The van der Waals surface area contributed by atoms with E-state index < -0.39 is 0 Å². The van der Waals surface area contributed by atoms with Gasteiger partial charge in [-0.05, 0) is 146 Å². The first-order valence-electron chi connectivity index (χ1n) is 35.9. The maximum absolute atomic E-state index is 7.70. The molecule has 1 aliphatic rings. The summed E-state index contributed by atoms with van der Waals surface area (Å²) in [4.78, 5) is 17.5. The average molecular weight is 1330 g/mol. The highest BCUT2D eigenvalue weighted by Gasteiger charge is 2.32. The average Bonchev–Trinajstić information content (AvgIpc) is 1.59. The summed E-state index contributed by atoms with van der Waals surface area (Å²) in [6.07, 6.45) is 8.81. The highest BCUT2D eigenvalue weighted by Crippen LogP contribution is 2.56. The normalized spacial score (nSPS) is 12.7. The molecule has 7 nitrogen and oxygen atoms in total. The fourth-order valence-electron chi connectivity index (χ4n) is 16.9. The number of para-hydroxylation sites is 2. The van der Waals surface area contributed by atoms with Crippen molar-refractivity contribution < 1.29 is 8.83 Å². The van der Waals surface area contributed by atoms with Crippen LogP contribution in [-0.2, 0) is 0 Å². The van der Waals surface area contributed by atoms with E-state index in [4.69, 9.17) is 13.8 Å². The number of pyridine rings is 1. The lowest BCUT2D eigenvalue weighted by Crippen LogP contribution is -2.18. The van der Waals surface area contributed by atoms with Crippen LogP contribution in [0.1, 0.15) is 25.3 Å². The smallest absolute Gasteiger partial charge is 0.144 e. The Kier molecular flexibility index (Phi) is 13.5. The number of anilines is 7. The standard InChI is InChI=1S/C97H65N5O2/c1-59(2)77-56-80-84(102(89-42-24-39-81(98-89)62-29-11-5-12-30-62)96-71-35-17-13-31-65(71)52-66-32-14-18-36-72(66)96)57-79-78-54-64(61-27-9-4-10-28-61)44-48-87(78)104-97(79)92(80)93-90-76-38-23-40-83(94(76)99-82(90)58-85(91(77)93)100-49-21-6-22-50-100)101(69-45-47-75-74-37-19-20-41-86(74)103-88(75)55-69)95-70-34-16-15-33-67(70)53-68-51-63(43-46-73(68)95)60-25-7-3-8-26-60/h3-49,51-59,99H,50H2,1-2H3. The zero-order valence-electron chi connectivity index (χ0n) is 57.1. The van der Waals surface area contributed by atoms with Crippen molar-refractivity contribution >= 4 is 170 Å². The summed E-state index contributed by atoms with van der Waals surface area (Å²) in [7, 11) is 0. The molecule has 0 spiro atoms. The van der Waals surface area contributed by atoms with E-state index in [0.717, 1.165) is 193 Å². The number of hydrogen-bond donors (Lipinski definition) is 1. The number of fused-ring (bicyclic) bond motifs is 18. The number of benzene rings is 16. The van der Waals surface area contributed by atoms with E-state index >= 15 is 0 Å². The first-order valence-corrected chi connectivity index (χ1v) is 35.9. The monoisotopic (exact) mass is 1330 g/mol. The summed E-state index contributed by atoms with van der Waals surface area (Å²) in [5, 5.41) is 19.7. The van der Waals surface area contributed by atoms with Crippen LogP contribution in [0.3, 0.4) is 0 Å². The number of rotatable bonds is 11. The van der Waals surface area contributed by atoms with Gasteiger partial charge in [-0.25, -0.2) is 4.98 Å². The van der Waals surface area contributed by atoms with Gasteiger partial charge in [-0.3, -0.25) is 4.90 Å². The van der Waals surface area contributed by atoms with Crippen molar-refractivity contribution in [3.63, 3.8) is 0 Å². The number of furan rings is 2. The van der Waals surface area contributed by atoms with Gasteiger partial charge in [-0.15, -0.1) is 0 Å². The van der Waals surface area contributed by atoms with E-state index in [-0.39, 0.29) is 5.92 Å². The van der Waals surface area contributed by atoms with Gasteiger partial charge in [0, 0.05) is 105 Å². The van der Waals surface area contributed by atoms with E-state index in [1.54, 1.807) is 0 Å². The fraction of sp³-hybridized carbons (Fsp3) is 0.0412. The molecule has 7 heteroatoms. The SMILES string of the molecule is CC(C)c1cc2c(N(c3cccc(-c4ccccc4)n3)c3c4ccccc4cc4ccccc34)cc3c4cc(-c5ccccc5)ccc4oc3c2c2c1c(N1C=CC=CC1)cc1[nH]c3c(N(c4ccc5c(c4)oc4ccccc45)c4c5ccccc5cc5cc(-c6ccccc6)ccc45)cccc3c12. The van der Waals surface area contributed by atoms with Crippen molar-refractivity contribution in [2.75, 3.05) is 21.2 Å².